The second-order valence-corrected chi connectivity index (χ2v) is 5.05. The maximum absolute atomic E-state index is 10.7. The molecule has 0 fully saturated rings. The molecular weight excluding hydrogens is 292 g/mol. The minimum atomic E-state index is -1.04. The first-order valence-electron chi connectivity index (χ1n) is 7.07. The molecule has 0 aromatic carbocycles. The molecule has 1 rings (SSSR count). The lowest BCUT2D eigenvalue weighted by Crippen LogP contribution is -2.30. The number of rotatable bonds is 9. The summed E-state index contributed by atoms with van der Waals surface area (Å²) in [7, 11) is 1.48. The number of aliphatic carboxylic acids is 2. The summed E-state index contributed by atoms with van der Waals surface area (Å²) in [6, 6.07) is 0. The Hall–Kier alpha value is -2.09. The third-order valence-electron chi connectivity index (χ3n) is 3.28. The van der Waals surface area contributed by atoms with Crippen LogP contribution >= 0.6 is 0 Å². The largest absolute Gasteiger partial charge is 0.493 e. The fourth-order valence-electron chi connectivity index (χ4n) is 2.29. The number of carboxylic acid groups (broad SMARTS) is 2. The molecule has 0 spiro atoms. The number of aliphatic hydroxyl groups excluding tert-OH is 1. The molecule has 124 valence electrons. The SMILES string of the molecule is COC1=C(NCCCC(=O)O)C[C@H](CO)CC1=NCC(=O)O. The number of carboxylic acids is 2. The third-order valence-corrected chi connectivity index (χ3v) is 3.28. The van der Waals surface area contributed by atoms with E-state index in [4.69, 9.17) is 14.9 Å². The zero-order chi connectivity index (χ0) is 16.5. The highest BCUT2D eigenvalue weighted by Crippen LogP contribution is 2.26. The number of hydrogen-bond donors (Lipinski definition) is 4. The average molecular weight is 314 g/mol. The van der Waals surface area contributed by atoms with Crippen molar-refractivity contribution in [2.45, 2.75) is 25.7 Å². The molecular formula is C14H22N2O6. The van der Waals surface area contributed by atoms with Crippen LogP contribution in [0.25, 0.3) is 0 Å². The molecule has 0 aromatic heterocycles. The lowest BCUT2D eigenvalue weighted by Gasteiger charge is -2.27. The smallest absolute Gasteiger partial charge is 0.325 e. The number of nitrogens with one attached hydrogen (secondary N) is 1. The Morgan fingerprint density at radius 2 is 2.05 bits per heavy atom. The molecule has 0 amide bonds. The molecule has 0 saturated carbocycles. The van der Waals surface area contributed by atoms with E-state index in [0.717, 1.165) is 5.70 Å². The number of allylic oxidation sites excluding steroid dienone is 2. The van der Waals surface area contributed by atoms with Gasteiger partial charge in [-0.2, -0.15) is 0 Å². The summed E-state index contributed by atoms with van der Waals surface area (Å²) in [6.07, 6.45) is 1.53. The van der Waals surface area contributed by atoms with E-state index in [9.17, 15) is 14.7 Å². The zero-order valence-corrected chi connectivity index (χ0v) is 12.5. The Bertz CT molecular complexity index is 472. The van der Waals surface area contributed by atoms with E-state index < -0.39 is 11.9 Å². The molecule has 0 heterocycles. The van der Waals surface area contributed by atoms with Gasteiger partial charge in [-0.25, -0.2) is 0 Å². The van der Waals surface area contributed by atoms with Crippen LogP contribution in [0.4, 0.5) is 0 Å². The van der Waals surface area contributed by atoms with Gasteiger partial charge in [0.05, 0.1) is 18.5 Å². The second kappa shape index (κ2) is 9.04. The highest BCUT2D eigenvalue weighted by Gasteiger charge is 2.26. The van der Waals surface area contributed by atoms with E-state index in [-0.39, 0.29) is 25.5 Å². The highest BCUT2D eigenvalue weighted by molar-refractivity contribution is 6.00. The summed E-state index contributed by atoms with van der Waals surface area (Å²) in [5, 5.41) is 29.8. The van der Waals surface area contributed by atoms with Crippen molar-refractivity contribution in [3.8, 4) is 0 Å². The fourth-order valence-corrected chi connectivity index (χ4v) is 2.29. The Kier molecular flexibility index (Phi) is 7.38. The van der Waals surface area contributed by atoms with E-state index >= 15 is 0 Å². The minimum Gasteiger partial charge on any atom is -0.493 e. The summed E-state index contributed by atoms with van der Waals surface area (Å²) >= 11 is 0. The number of carbonyl (C=O) groups is 2. The molecule has 0 unspecified atom stereocenters. The van der Waals surface area contributed by atoms with E-state index in [1.165, 1.54) is 7.11 Å². The summed E-state index contributed by atoms with van der Waals surface area (Å²) in [5.74, 6) is -1.47. The van der Waals surface area contributed by atoms with Crippen LogP contribution in [0.2, 0.25) is 0 Å². The summed E-state index contributed by atoms with van der Waals surface area (Å²) in [6.45, 7) is 0.0644. The van der Waals surface area contributed by atoms with Crippen LogP contribution in [0.15, 0.2) is 16.4 Å². The minimum absolute atomic E-state index is 0.0383. The van der Waals surface area contributed by atoms with E-state index in [2.05, 4.69) is 10.3 Å². The molecule has 0 aliphatic heterocycles. The lowest BCUT2D eigenvalue weighted by molar-refractivity contribution is -0.137. The molecule has 0 bridgehead atoms. The van der Waals surface area contributed by atoms with Crippen molar-refractivity contribution in [1.82, 2.24) is 5.32 Å². The molecule has 8 heteroatoms. The van der Waals surface area contributed by atoms with Crippen LogP contribution < -0.4 is 5.32 Å². The van der Waals surface area contributed by atoms with Gasteiger partial charge in [-0.1, -0.05) is 0 Å². The second-order valence-electron chi connectivity index (χ2n) is 5.05. The molecule has 1 atom stereocenters. The van der Waals surface area contributed by atoms with Crippen LogP contribution in [0, 0.1) is 5.92 Å². The maximum atomic E-state index is 10.7. The van der Waals surface area contributed by atoms with Gasteiger partial charge in [-0.05, 0) is 25.2 Å². The van der Waals surface area contributed by atoms with E-state index in [1.807, 2.05) is 0 Å². The van der Waals surface area contributed by atoms with Gasteiger partial charge in [-0.3, -0.25) is 14.6 Å². The van der Waals surface area contributed by atoms with Gasteiger partial charge < -0.3 is 25.4 Å². The van der Waals surface area contributed by atoms with Crippen molar-refractivity contribution in [1.29, 1.82) is 0 Å². The topological polar surface area (TPSA) is 128 Å². The predicted octanol–water partition coefficient (Wildman–Crippen LogP) is 0.227. The van der Waals surface area contributed by atoms with Gasteiger partial charge in [0, 0.05) is 19.6 Å². The van der Waals surface area contributed by atoms with Crippen molar-refractivity contribution in [2.75, 3.05) is 26.8 Å². The first-order valence-corrected chi connectivity index (χ1v) is 7.07. The number of methoxy groups -OCH3 is 1. The lowest BCUT2D eigenvalue weighted by atomic mass is 9.89. The van der Waals surface area contributed by atoms with Crippen molar-refractivity contribution in [3.63, 3.8) is 0 Å². The molecule has 1 aliphatic carbocycles. The number of nitrogens with zero attached hydrogens (tertiary/aromatic N) is 1. The molecule has 0 aromatic rings. The van der Waals surface area contributed by atoms with Gasteiger partial charge >= 0.3 is 11.9 Å². The van der Waals surface area contributed by atoms with Crippen molar-refractivity contribution >= 4 is 17.7 Å². The Balaban J connectivity index is 2.83. The van der Waals surface area contributed by atoms with Crippen molar-refractivity contribution in [2.24, 2.45) is 10.9 Å². The predicted molar refractivity (Wildman–Crippen MR) is 78.7 cm³/mol. The van der Waals surface area contributed by atoms with Crippen LogP contribution in [0.5, 0.6) is 0 Å². The maximum Gasteiger partial charge on any atom is 0.325 e. The zero-order valence-electron chi connectivity index (χ0n) is 12.5. The first-order chi connectivity index (χ1) is 10.5. The van der Waals surface area contributed by atoms with Gasteiger partial charge in [0.2, 0.25) is 0 Å². The number of ether oxygens (including phenoxy) is 1. The number of aliphatic imine (C=N–C) groups is 1. The molecule has 0 saturated heterocycles. The molecule has 4 N–H and O–H groups in total. The first kappa shape index (κ1) is 18.0. The van der Waals surface area contributed by atoms with Gasteiger partial charge in [0.1, 0.15) is 6.54 Å². The van der Waals surface area contributed by atoms with Crippen molar-refractivity contribution < 1.29 is 29.6 Å². The van der Waals surface area contributed by atoms with Crippen LogP contribution in [-0.4, -0.2) is 59.8 Å². The van der Waals surface area contributed by atoms with Crippen LogP contribution in [-0.2, 0) is 14.3 Å². The normalized spacial score (nSPS) is 20.1. The van der Waals surface area contributed by atoms with E-state index in [1.54, 1.807) is 0 Å². The Labute approximate surface area is 128 Å². The molecule has 1 aliphatic rings. The van der Waals surface area contributed by atoms with Gasteiger partial charge in [0.15, 0.2) is 5.76 Å². The highest BCUT2D eigenvalue weighted by atomic mass is 16.5. The summed E-state index contributed by atoms with van der Waals surface area (Å²) in [5.41, 5.74) is 1.23. The summed E-state index contributed by atoms with van der Waals surface area (Å²) < 4.78 is 5.32. The van der Waals surface area contributed by atoms with Crippen molar-refractivity contribution in [3.05, 3.63) is 11.5 Å². The third kappa shape index (κ3) is 5.72. The summed E-state index contributed by atoms with van der Waals surface area (Å²) in [4.78, 5) is 25.2. The van der Waals surface area contributed by atoms with Gasteiger partial charge in [-0.15, -0.1) is 0 Å². The van der Waals surface area contributed by atoms with Crippen LogP contribution in [0.3, 0.4) is 0 Å². The average Bonchev–Trinajstić information content (AvgIpc) is 2.48. The fraction of sp³-hybridized carbons (Fsp3) is 0.643. The molecule has 0 radical (unpaired) electrons. The monoisotopic (exact) mass is 314 g/mol. The van der Waals surface area contributed by atoms with Gasteiger partial charge in [0.25, 0.3) is 0 Å². The number of aliphatic hydroxyl groups is 1. The van der Waals surface area contributed by atoms with E-state index in [0.29, 0.717) is 37.3 Å². The quantitative estimate of drug-likeness (QED) is 0.448. The number of hydrogen-bond acceptors (Lipinski definition) is 6. The Morgan fingerprint density at radius 1 is 1.32 bits per heavy atom. The Morgan fingerprint density at radius 3 is 2.59 bits per heavy atom. The molecule has 22 heavy (non-hydrogen) atoms. The molecule has 8 nitrogen and oxygen atoms in total. The van der Waals surface area contributed by atoms with Crippen LogP contribution in [0.1, 0.15) is 25.7 Å². The standard InChI is InChI=1S/C14H22N2O6/c1-22-14-10(15-4-2-3-12(18)19)5-9(8-17)6-11(14)16-7-13(20)21/h9,15,17H,2-8H2,1H3,(H,18,19)(H,20,21)/t9-/m0/s1.